The molecule has 1 aliphatic rings. The van der Waals surface area contributed by atoms with Crippen molar-refractivity contribution in [1.29, 1.82) is 0 Å². The number of hydrogen-bond acceptors (Lipinski definition) is 2. The molecule has 0 fully saturated rings. The van der Waals surface area contributed by atoms with Gasteiger partial charge in [-0.2, -0.15) is 0 Å². The van der Waals surface area contributed by atoms with E-state index in [9.17, 15) is 9.59 Å². The van der Waals surface area contributed by atoms with Crippen molar-refractivity contribution in [2.75, 3.05) is 16.8 Å². The maximum Gasteiger partial charge on any atom is 0.251 e. The molecule has 0 atom stereocenters. The second-order valence-corrected chi connectivity index (χ2v) is 5.42. The highest BCUT2D eigenvalue weighted by Gasteiger charge is 2.24. The van der Waals surface area contributed by atoms with Crippen LogP contribution in [-0.2, 0) is 16.0 Å². The Hall–Kier alpha value is -2.88. The van der Waals surface area contributed by atoms with E-state index in [2.05, 4.69) is 12.2 Å². The maximum absolute atomic E-state index is 12.5. The highest BCUT2D eigenvalue weighted by Crippen LogP contribution is 2.29. The first-order chi connectivity index (χ1) is 11.2. The van der Waals surface area contributed by atoms with Crippen LogP contribution >= 0.6 is 0 Å². The standard InChI is InChI=1S/C19H18N2O2/c1-2-14-7-9-15(10-8-14)11-12-19(23)21-13-18(22)20-16-5-3-4-6-17(16)21/h3-12H,2,13H2,1H3,(H,20,22). The van der Waals surface area contributed by atoms with Gasteiger partial charge in [0.05, 0.1) is 11.4 Å². The number of rotatable bonds is 3. The minimum Gasteiger partial charge on any atom is -0.323 e. The van der Waals surface area contributed by atoms with Crippen molar-refractivity contribution < 1.29 is 9.59 Å². The molecular weight excluding hydrogens is 288 g/mol. The van der Waals surface area contributed by atoms with E-state index in [0.29, 0.717) is 5.69 Å². The molecule has 1 aliphatic heterocycles. The van der Waals surface area contributed by atoms with E-state index in [-0.39, 0.29) is 18.4 Å². The van der Waals surface area contributed by atoms with Crippen LogP contribution < -0.4 is 10.2 Å². The Kier molecular flexibility index (Phi) is 4.24. The Bertz CT molecular complexity index is 763. The van der Waals surface area contributed by atoms with E-state index >= 15 is 0 Å². The van der Waals surface area contributed by atoms with Gasteiger partial charge in [-0.25, -0.2) is 0 Å². The van der Waals surface area contributed by atoms with Gasteiger partial charge in [0.2, 0.25) is 5.91 Å². The summed E-state index contributed by atoms with van der Waals surface area (Å²) in [5.41, 5.74) is 3.61. The largest absolute Gasteiger partial charge is 0.323 e. The maximum atomic E-state index is 12.5. The van der Waals surface area contributed by atoms with Gasteiger partial charge in [0.25, 0.3) is 5.91 Å². The molecule has 4 heteroatoms. The quantitative estimate of drug-likeness (QED) is 0.885. The molecule has 116 valence electrons. The lowest BCUT2D eigenvalue weighted by Gasteiger charge is -2.28. The van der Waals surface area contributed by atoms with Crippen molar-refractivity contribution in [3.05, 3.63) is 65.7 Å². The number of carbonyl (C=O) groups excluding carboxylic acids is 2. The van der Waals surface area contributed by atoms with E-state index in [1.165, 1.54) is 16.5 Å². The van der Waals surface area contributed by atoms with Crippen molar-refractivity contribution >= 4 is 29.3 Å². The Morgan fingerprint density at radius 2 is 1.91 bits per heavy atom. The lowest BCUT2D eigenvalue weighted by molar-refractivity contribution is -0.119. The van der Waals surface area contributed by atoms with E-state index in [1.807, 2.05) is 42.5 Å². The van der Waals surface area contributed by atoms with E-state index < -0.39 is 0 Å². The van der Waals surface area contributed by atoms with Crippen LogP contribution in [0.2, 0.25) is 0 Å². The predicted octanol–water partition coefficient (Wildman–Crippen LogP) is 3.25. The number of benzene rings is 2. The summed E-state index contributed by atoms with van der Waals surface area (Å²) in [4.78, 5) is 25.7. The topological polar surface area (TPSA) is 49.4 Å². The lowest BCUT2D eigenvalue weighted by Crippen LogP contribution is -2.41. The van der Waals surface area contributed by atoms with Crippen molar-refractivity contribution in [2.45, 2.75) is 13.3 Å². The van der Waals surface area contributed by atoms with Gasteiger partial charge in [-0.3, -0.25) is 14.5 Å². The first-order valence-corrected chi connectivity index (χ1v) is 7.65. The predicted molar refractivity (Wildman–Crippen MR) is 92.3 cm³/mol. The van der Waals surface area contributed by atoms with Gasteiger partial charge in [-0.15, -0.1) is 0 Å². The van der Waals surface area contributed by atoms with Gasteiger partial charge in [-0.1, -0.05) is 43.3 Å². The summed E-state index contributed by atoms with van der Waals surface area (Å²) in [7, 11) is 0. The molecule has 0 aromatic heterocycles. The van der Waals surface area contributed by atoms with Crippen LogP contribution in [0.25, 0.3) is 6.08 Å². The normalized spacial score (nSPS) is 13.8. The van der Waals surface area contributed by atoms with Gasteiger partial charge in [0.1, 0.15) is 6.54 Å². The summed E-state index contributed by atoms with van der Waals surface area (Å²) < 4.78 is 0. The second-order valence-electron chi connectivity index (χ2n) is 5.42. The number of carbonyl (C=O) groups is 2. The lowest BCUT2D eigenvalue weighted by atomic mass is 10.1. The Balaban J connectivity index is 1.80. The van der Waals surface area contributed by atoms with Crippen molar-refractivity contribution in [2.24, 2.45) is 0 Å². The number of nitrogens with one attached hydrogen (secondary N) is 1. The summed E-state index contributed by atoms with van der Waals surface area (Å²) in [5, 5.41) is 2.77. The highest BCUT2D eigenvalue weighted by atomic mass is 16.2. The summed E-state index contributed by atoms with van der Waals surface area (Å²) in [6, 6.07) is 15.4. The van der Waals surface area contributed by atoms with Crippen molar-refractivity contribution in [3.8, 4) is 0 Å². The molecule has 1 N–H and O–H groups in total. The molecule has 0 aliphatic carbocycles. The minimum atomic E-state index is -0.202. The molecule has 2 amide bonds. The molecule has 0 saturated carbocycles. The first kappa shape index (κ1) is 15.0. The number of para-hydroxylation sites is 2. The van der Waals surface area contributed by atoms with Crippen LogP contribution in [0.1, 0.15) is 18.1 Å². The second kappa shape index (κ2) is 6.48. The van der Waals surface area contributed by atoms with Crippen LogP contribution in [0.3, 0.4) is 0 Å². The number of amides is 2. The van der Waals surface area contributed by atoms with E-state index in [1.54, 1.807) is 12.1 Å². The number of hydrogen-bond donors (Lipinski definition) is 1. The molecule has 4 nitrogen and oxygen atoms in total. The van der Waals surface area contributed by atoms with Crippen LogP contribution in [0, 0.1) is 0 Å². The van der Waals surface area contributed by atoms with Crippen molar-refractivity contribution in [3.63, 3.8) is 0 Å². The zero-order valence-corrected chi connectivity index (χ0v) is 13.0. The molecule has 0 spiro atoms. The van der Waals surface area contributed by atoms with Gasteiger partial charge in [0.15, 0.2) is 0 Å². The Morgan fingerprint density at radius 1 is 1.17 bits per heavy atom. The van der Waals surface area contributed by atoms with E-state index in [0.717, 1.165) is 17.7 Å². The number of fused-ring (bicyclic) bond motifs is 1. The monoisotopic (exact) mass is 306 g/mol. The average molecular weight is 306 g/mol. The summed E-state index contributed by atoms with van der Waals surface area (Å²) in [6.45, 7) is 2.14. The molecule has 0 unspecified atom stereocenters. The van der Waals surface area contributed by atoms with Crippen LogP contribution in [0.5, 0.6) is 0 Å². The smallest absolute Gasteiger partial charge is 0.251 e. The third kappa shape index (κ3) is 3.31. The van der Waals surface area contributed by atoms with Crippen molar-refractivity contribution in [1.82, 2.24) is 0 Å². The molecule has 2 aromatic carbocycles. The van der Waals surface area contributed by atoms with Gasteiger partial charge < -0.3 is 5.32 Å². The minimum absolute atomic E-state index is 0.0367. The molecule has 23 heavy (non-hydrogen) atoms. The fourth-order valence-electron chi connectivity index (χ4n) is 2.55. The average Bonchev–Trinajstić information content (AvgIpc) is 2.59. The summed E-state index contributed by atoms with van der Waals surface area (Å²) in [5.74, 6) is -0.385. The van der Waals surface area contributed by atoms with Gasteiger partial charge in [-0.05, 0) is 35.8 Å². The zero-order valence-electron chi connectivity index (χ0n) is 13.0. The number of aryl methyl sites for hydroxylation is 1. The third-order valence-corrected chi connectivity index (χ3v) is 3.84. The number of anilines is 2. The highest BCUT2D eigenvalue weighted by molar-refractivity contribution is 6.13. The third-order valence-electron chi connectivity index (χ3n) is 3.84. The Labute approximate surface area is 135 Å². The first-order valence-electron chi connectivity index (χ1n) is 7.65. The summed E-state index contributed by atoms with van der Waals surface area (Å²) in [6.07, 6.45) is 4.27. The van der Waals surface area contributed by atoms with Crippen LogP contribution in [-0.4, -0.2) is 18.4 Å². The summed E-state index contributed by atoms with van der Waals surface area (Å²) >= 11 is 0. The van der Waals surface area contributed by atoms with Crippen LogP contribution in [0.15, 0.2) is 54.6 Å². The van der Waals surface area contributed by atoms with Crippen LogP contribution in [0.4, 0.5) is 11.4 Å². The molecule has 0 saturated heterocycles. The molecule has 0 radical (unpaired) electrons. The molecular formula is C19H18N2O2. The van der Waals surface area contributed by atoms with Gasteiger partial charge >= 0.3 is 0 Å². The fourth-order valence-corrected chi connectivity index (χ4v) is 2.55. The molecule has 2 aromatic rings. The number of nitrogens with zero attached hydrogens (tertiary/aromatic N) is 1. The fraction of sp³-hybridized carbons (Fsp3) is 0.158. The Morgan fingerprint density at radius 3 is 2.65 bits per heavy atom. The zero-order chi connectivity index (χ0) is 16.2. The van der Waals surface area contributed by atoms with E-state index in [4.69, 9.17) is 0 Å². The van der Waals surface area contributed by atoms with Gasteiger partial charge in [0, 0.05) is 6.08 Å². The molecule has 1 heterocycles. The SMILES string of the molecule is CCc1ccc(C=CC(=O)N2CC(=O)Nc3ccccc32)cc1. The molecule has 3 rings (SSSR count). The molecule has 0 bridgehead atoms.